The summed E-state index contributed by atoms with van der Waals surface area (Å²) in [4.78, 5) is 16.5. The number of nitrogens with one attached hydrogen (secondary N) is 2. The second-order valence-electron chi connectivity index (χ2n) is 4.96. The van der Waals surface area contributed by atoms with E-state index in [9.17, 15) is 4.79 Å². The maximum Gasteiger partial charge on any atom is 0.251 e. The Balaban J connectivity index is 1.98. The smallest absolute Gasteiger partial charge is 0.251 e. The number of pyridine rings is 1. The quantitative estimate of drug-likeness (QED) is 0.847. The molecule has 0 spiro atoms. The lowest BCUT2D eigenvalue weighted by Gasteiger charge is -2.20. The predicted molar refractivity (Wildman–Crippen MR) is 85.4 cm³/mol. The van der Waals surface area contributed by atoms with Gasteiger partial charge in [0.05, 0.1) is 0 Å². The first-order chi connectivity index (χ1) is 9.74. The van der Waals surface area contributed by atoms with Gasteiger partial charge < -0.3 is 10.6 Å². The molecule has 2 unspecified atom stereocenters. The molecule has 0 radical (unpaired) electrons. The molecule has 1 amide bonds. The number of carbonyl (C=O) groups excluding carboxylic acids is 1. The van der Waals surface area contributed by atoms with Gasteiger partial charge in [0.2, 0.25) is 0 Å². The molecule has 5 heteroatoms. The number of carbonyl (C=O) groups is 1. The van der Waals surface area contributed by atoms with Crippen molar-refractivity contribution in [2.75, 3.05) is 17.6 Å². The fraction of sp³-hybridized carbons (Fsp3) is 0.600. The summed E-state index contributed by atoms with van der Waals surface area (Å²) < 4.78 is 0. The standard InChI is InChI=1S/C15H23N3OS/c1-3-16-14-10-11(8-9-17-14)15(19)18-12-6-5-7-13(12)20-4-2/h8-10,12-13H,3-7H2,1-2H3,(H,16,17)(H,18,19). The Bertz CT molecular complexity index is 452. The van der Waals surface area contributed by atoms with Crippen molar-refractivity contribution in [3.05, 3.63) is 23.9 Å². The molecule has 1 heterocycles. The summed E-state index contributed by atoms with van der Waals surface area (Å²) in [6.07, 6.45) is 5.19. The number of aromatic nitrogens is 1. The number of anilines is 1. The minimum atomic E-state index is 0.0140. The third-order valence-corrected chi connectivity index (χ3v) is 4.86. The van der Waals surface area contributed by atoms with E-state index in [1.165, 1.54) is 12.8 Å². The number of thioether (sulfide) groups is 1. The van der Waals surface area contributed by atoms with Gasteiger partial charge in [-0.25, -0.2) is 4.98 Å². The maximum absolute atomic E-state index is 12.3. The van der Waals surface area contributed by atoms with Crippen molar-refractivity contribution in [1.82, 2.24) is 10.3 Å². The van der Waals surface area contributed by atoms with Gasteiger partial charge in [0, 0.05) is 29.6 Å². The number of nitrogens with zero attached hydrogens (tertiary/aromatic N) is 1. The van der Waals surface area contributed by atoms with Gasteiger partial charge in [0.1, 0.15) is 5.82 Å². The van der Waals surface area contributed by atoms with Gasteiger partial charge in [-0.2, -0.15) is 11.8 Å². The Morgan fingerprint density at radius 1 is 1.45 bits per heavy atom. The molecule has 0 aromatic carbocycles. The van der Waals surface area contributed by atoms with Crippen molar-refractivity contribution in [2.45, 2.75) is 44.4 Å². The maximum atomic E-state index is 12.3. The summed E-state index contributed by atoms with van der Waals surface area (Å²) in [7, 11) is 0. The highest BCUT2D eigenvalue weighted by Crippen LogP contribution is 2.30. The molecule has 4 nitrogen and oxygen atoms in total. The predicted octanol–water partition coefficient (Wildman–Crippen LogP) is 2.92. The molecular weight excluding hydrogens is 270 g/mol. The molecular formula is C15H23N3OS. The van der Waals surface area contributed by atoms with Crippen LogP contribution in [-0.4, -0.2) is 34.5 Å². The van der Waals surface area contributed by atoms with Crippen molar-refractivity contribution in [2.24, 2.45) is 0 Å². The Labute approximate surface area is 125 Å². The summed E-state index contributed by atoms with van der Waals surface area (Å²) >= 11 is 1.96. The zero-order valence-electron chi connectivity index (χ0n) is 12.2. The monoisotopic (exact) mass is 293 g/mol. The first kappa shape index (κ1) is 15.2. The van der Waals surface area contributed by atoms with Gasteiger partial charge in [-0.05, 0) is 37.7 Å². The number of amides is 1. The zero-order valence-corrected chi connectivity index (χ0v) is 13.0. The molecule has 0 aliphatic heterocycles. The normalized spacial score (nSPS) is 21.7. The second kappa shape index (κ2) is 7.53. The molecule has 0 saturated heterocycles. The highest BCUT2D eigenvalue weighted by atomic mass is 32.2. The molecule has 0 bridgehead atoms. The van der Waals surface area contributed by atoms with Crippen molar-refractivity contribution >= 4 is 23.5 Å². The van der Waals surface area contributed by atoms with Gasteiger partial charge in [0.25, 0.3) is 5.91 Å². The van der Waals surface area contributed by atoms with Crippen molar-refractivity contribution in [1.29, 1.82) is 0 Å². The van der Waals surface area contributed by atoms with Crippen LogP contribution in [0.5, 0.6) is 0 Å². The van der Waals surface area contributed by atoms with E-state index < -0.39 is 0 Å². The summed E-state index contributed by atoms with van der Waals surface area (Å²) in [5.41, 5.74) is 0.683. The molecule has 1 fully saturated rings. The molecule has 20 heavy (non-hydrogen) atoms. The molecule has 1 aromatic rings. The van der Waals surface area contributed by atoms with Crippen molar-refractivity contribution in [3.63, 3.8) is 0 Å². The van der Waals surface area contributed by atoms with Crippen LogP contribution in [0, 0.1) is 0 Å². The molecule has 1 aromatic heterocycles. The molecule has 2 atom stereocenters. The van der Waals surface area contributed by atoms with Crippen LogP contribution in [0.2, 0.25) is 0 Å². The Morgan fingerprint density at radius 3 is 3.05 bits per heavy atom. The van der Waals surface area contributed by atoms with Crippen LogP contribution < -0.4 is 10.6 Å². The fourth-order valence-electron chi connectivity index (χ4n) is 2.61. The van der Waals surface area contributed by atoms with Crippen LogP contribution >= 0.6 is 11.8 Å². The van der Waals surface area contributed by atoms with Crippen LogP contribution in [0.3, 0.4) is 0 Å². The summed E-state index contributed by atoms with van der Waals surface area (Å²) in [6.45, 7) is 4.99. The van der Waals surface area contributed by atoms with E-state index in [1.54, 1.807) is 12.3 Å². The highest BCUT2D eigenvalue weighted by Gasteiger charge is 2.28. The third-order valence-electron chi connectivity index (χ3n) is 3.53. The first-order valence-electron chi connectivity index (χ1n) is 7.37. The third kappa shape index (κ3) is 3.88. The van der Waals surface area contributed by atoms with Gasteiger partial charge in [-0.3, -0.25) is 4.79 Å². The summed E-state index contributed by atoms with van der Waals surface area (Å²) in [6, 6.07) is 3.89. The van der Waals surface area contributed by atoms with Gasteiger partial charge in [0.15, 0.2) is 0 Å². The largest absolute Gasteiger partial charge is 0.370 e. The van der Waals surface area contributed by atoms with E-state index in [1.807, 2.05) is 24.8 Å². The lowest BCUT2D eigenvalue weighted by atomic mass is 10.2. The molecule has 2 N–H and O–H groups in total. The first-order valence-corrected chi connectivity index (χ1v) is 8.41. The van der Waals surface area contributed by atoms with E-state index in [4.69, 9.17) is 0 Å². The van der Waals surface area contributed by atoms with E-state index >= 15 is 0 Å². The molecule has 1 aliphatic carbocycles. The Hall–Kier alpha value is -1.23. The van der Waals surface area contributed by atoms with Gasteiger partial charge in [-0.1, -0.05) is 13.3 Å². The number of hydrogen-bond acceptors (Lipinski definition) is 4. The summed E-state index contributed by atoms with van der Waals surface area (Å²) in [5.74, 6) is 1.88. The Morgan fingerprint density at radius 2 is 2.30 bits per heavy atom. The van der Waals surface area contributed by atoms with E-state index in [0.717, 1.165) is 24.5 Å². The number of rotatable bonds is 6. The van der Waals surface area contributed by atoms with Crippen LogP contribution in [0.4, 0.5) is 5.82 Å². The fourth-order valence-corrected chi connectivity index (χ4v) is 3.80. The van der Waals surface area contributed by atoms with Gasteiger partial charge in [-0.15, -0.1) is 0 Å². The molecule has 110 valence electrons. The SMILES string of the molecule is CCNc1cc(C(=O)NC2CCCC2SCC)ccn1. The van der Waals surface area contributed by atoms with Crippen LogP contribution in [0.1, 0.15) is 43.5 Å². The molecule has 1 saturated carbocycles. The van der Waals surface area contributed by atoms with E-state index in [-0.39, 0.29) is 5.91 Å². The minimum Gasteiger partial charge on any atom is -0.370 e. The zero-order chi connectivity index (χ0) is 14.4. The van der Waals surface area contributed by atoms with Crippen LogP contribution in [0.15, 0.2) is 18.3 Å². The highest BCUT2D eigenvalue weighted by molar-refractivity contribution is 7.99. The summed E-state index contributed by atoms with van der Waals surface area (Å²) in [5, 5.41) is 6.88. The lowest BCUT2D eigenvalue weighted by molar-refractivity contribution is 0.0938. The van der Waals surface area contributed by atoms with Crippen LogP contribution in [-0.2, 0) is 0 Å². The average molecular weight is 293 g/mol. The minimum absolute atomic E-state index is 0.0140. The Kier molecular flexibility index (Phi) is 5.71. The second-order valence-corrected chi connectivity index (χ2v) is 6.48. The molecule has 2 rings (SSSR count). The van der Waals surface area contributed by atoms with E-state index in [0.29, 0.717) is 16.9 Å². The van der Waals surface area contributed by atoms with Gasteiger partial charge >= 0.3 is 0 Å². The topological polar surface area (TPSA) is 54.0 Å². The van der Waals surface area contributed by atoms with Crippen LogP contribution in [0.25, 0.3) is 0 Å². The molecule has 1 aliphatic rings. The lowest BCUT2D eigenvalue weighted by Crippen LogP contribution is -2.38. The van der Waals surface area contributed by atoms with E-state index in [2.05, 4.69) is 22.5 Å². The average Bonchev–Trinajstić information content (AvgIpc) is 2.87. The van der Waals surface area contributed by atoms with Crippen molar-refractivity contribution in [3.8, 4) is 0 Å². The van der Waals surface area contributed by atoms with Crippen molar-refractivity contribution < 1.29 is 4.79 Å². The number of hydrogen-bond donors (Lipinski definition) is 2.